The summed E-state index contributed by atoms with van der Waals surface area (Å²) < 4.78 is 12.9. The standard InChI is InChI=1S/C9H12FN/c1-7-3-4-8(6-11-2)5-9(7)10/h3-5,11H,6H2,1-2H3. The fraction of sp³-hybridized carbons (Fsp3) is 0.333. The van der Waals surface area contributed by atoms with E-state index in [1.54, 1.807) is 19.1 Å². The number of hydrogen-bond acceptors (Lipinski definition) is 1. The molecular formula is C9H12FN. The molecule has 1 aromatic carbocycles. The summed E-state index contributed by atoms with van der Waals surface area (Å²) in [4.78, 5) is 0. The van der Waals surface area contributed by atoms with Crippen LogP contribution < -0.4 is 5.32 Å². The summed E-state index contributed by atoms with van der Waals surface area (Å²) in [5.74, 6) is -0.127. The molecule has 0 atom stereocenters. The van der Waals surface area contributed by atoms with E-state index in [-0.39, 0.29) is 5.82 Å². The third-order valence-electron chi connectivity index (χ3n) is 1.62. The van der Waals surface area contributed by atoms with Crippen molar-refractivity contribution >= 4 is 0 Å². The van der Waals surface area contributed by atoms with Crippen LogP contribution in [-0.2, 0) is 6.54 Å². The molecule has 0 aliphatic carbocycles. The van der Waals surface area contributed by atoms with E-state index in [2.05, 4.69) is 5.32 Å². The van der Waals surface area contributed by atoms with Gasteiger partial charge < -0.3 is 5.32 Å². The van der Waals surface area contributed by atoms with Crippen molar-refractivity contribution in [2.75, 3.05) is 7.05 Å². The number of aryl methyl sites for hydroxylation is 1. The van der Waals surface area contributed by atoms with Gasteiger partial charge in [0, 0.05) is 6.54 Å². The number of nitrogens with one attached hydrogen (secondary N) is 1. The molecule has 0 unspecified atom stereocenters. The lowest BCUT2D eigenvalue weighted by Gasteiger charge is -2.01. The zero-order valence-electron chi connectivity index (χ0n) is 6.82. The average molecular weight is 153 g/mol. The number of hydrogen-bond donors (Lipinski definition) is 1. The summed E-state index contributed by atoms with van der Waals surface area (Å²) >= 11 is 0. The van der Waals surface area contributed by atoms with Crippen LogP contribution in [-0.4, -0.2) is 7.05 Å². The van der Waals surface area contributed by atoms with Crippen LogP contribution in [0.1, 0.15) is 11.1 Å². The Morgan fingerprint density at radius 1 is 1.45 bits per heavy atom. The second-order valence-corrected chi connectivity index (χ2v) is 2.61. The molecule has 60 valence electrons. The highest BCUT2D eigenvalue weighted by Gasteiger charge is 1.97. The van der Waals surface area contributed by atoms with E-state index in [1.807, 2.05) is 13.1 Å². The van der Waals surface area contributed by atoms with E-state index in [4.69, 9.17) is 0 Å². The van der Waals surface area contributed by atoms with Gasteiger partial charge in [-0.2, -0.15) is 0 Å². The molecule has 0 bridgehead atoms. The SMILES string of the molecule is CNCc1ccc(C)c(F)c1. The second-order valence-electron chi connectivity index (χ2n) is 2.61. The summed E-state index contributed by atoms with van der Waals surface area (Å²) in [6.45, 7) is 2.48. The summed E-state index contributed by atoms with van der Waals surface area (Å²) in [6, 6.07) is 5.28. The minimum atomic E-state index is -0.127. The van der Waals surface area contributed by atoms with Crippen LogP contribution in [0.5, 0.6) is 0 Å². The maximum Gasteiger partial charge on any atom is 0.126 e. The molecule has 0 heterocycles. The average Bonchev–Trinajstić information content (AvgIpc) is 1.98. The molecule has 0 aliphatic rings. The fourth-order valence-electron chi connectivity index (χ4n) is 0.950. The first kappa shape index (κ1) is 8.21. The van der Waals surface area contributed by atoms with Gasteiger partial charge in [0.25, 0.3) is 0 Å². The molecule has 0 saturated carbocycles. The van der Waals surface area contributed by atoms with Gasteiger partial charge in [0.15, 0.2) is 0 Å². The Bertz CT molecular complexity index is 245. The van der Waals surface area contributed by atoms with Crippen LogP contribution in [0.2, 0.25) is 0 Å². The van der Waals surface area contributed by atoms with Gasteiger partial charge in [-0.05, 0) is 31.2 Å². The normalized spacial score (nSPS) is 10.1. The quantitative estimate of drug-likeness (QED) is 0.683. The molecule has 2 heteroatoms. The molecule has 1 N–H and O–H groups in total. The maximum absolute atomic E-state index is 12.9. The van der Waals surface area contributed by atoms with Crippen LogP contribution in [0.4, 0.5) is 4.39 Å². The van der Waals surface area contributed by atoms with Crippen molar-refractivity contribution in [3.63, 3.8) is 0 Å². The van der Waals surface area contributed by atoms with Crippen molar-refractivity contribution in [3.8, 4) is 0 Å². The van der Waals surface area contributed by atoms with Crippen molar-refractivity contribution in [1.82, 2.24) is 5.32 Å². The zero-order valence-corrected chi connectivity index (χ0v) is 6.82. The van der Waals surface area contributed by atoms with E-state index >= 15 is 0 Å². The molecule has 0 aromatic heterocycles. The summed E-state index contributed by atoms with van der Waals surface area (Å²) in [5, 5.41) is 2.96. The Morgan fingerprint density at radius 3 is 2.73 bits per heavy atom. The van der Waals surface area contributed by atoms with Crippen molar-refractivity contribution in [2.24, 2.45) is 0 Å². The van der Waals surface area contributed by atoms with Crippen LogP contribution in [0, 0.1) is 12.7 Å². The minimum Gasteiger partial charge on any atom is -0.316 e. The molecule has 0 amide bonds. The monoisotopic (exact) mass is 153 g/mol. The first-order valence-electron chi connectivity index (χ1n) is 3.63. The largest absolute Gasteiger partial charge is 0.316 e. The lowest BCUT2D eigenvalue weighted by Crippen LogP contribution is -2.05. The molecule has 0 spiro atoms. The number of benzene rings is 1. The first-order valence-corrected chi connectivity index (χ1v) is 3.63. The Hall–Kier alpha value is -0.890. The lowest BCUT2D eigenvalue weighted by molar-refractivity contribution is 0.614. The van der Waals surface area contributed by atoms with Crippen LogP contribution in [0.15, 0.2) is 18.2 Å². The molecule has 0 radical (unpaired) electrons. The van der Waals surface area contributed by atoms with E-state index < -0.39 is 0 Å². The van der Waals surface area contributed by atoms with Gasteiger partial charge in [-0.25, -0.2) is 4.39 Å². The van der Waals surface area contributed by atoms with Crippen LogP contribution in [0.3, 0.4) is 0 Å². The van der Waals surface area contributed by atoms with Crippen molar-refractivity contribution < 1.29 is 4.39 Å². The Morgan fingerprint density at radius 2 is 2.18 bits per heavy atom. The number of rotatable bonds is 2. The van der Waals surface area contributed by atoms with E-state index in [1.165, 1.54) is 0 Å². The van der Waals surface area contributed by atoms with Gasteiger partial charge in [-0.15, -0.1) is 0 Å². The third-order valence-corrected chi connectivity index (χ3v) is 1.62. The number of halogens is 1. The smallest absolute Gasteiger partial charge is 0.126 e. The highest BCUT2D eigenvalue weighted by atomic mass is 19.1. The van der Waals surface area contributed by atoms with Crippen LogP contribution >= 0.6 is 0 Å². The minimum absolute atomic E-state index is 0.127. The third kappa shape index (κ3) is 2.02. The second kappa shape index (κ2) is 3.49. The molecule has 0 fully saturated rings. The lowest BCUT2D eigenvalue weighted by atomic mass is 10.1. The maximum atomic E-state index is 12.9. The predicted octanol–water partition coefficient (Wildman–Crippen LogP) is 1.85. The van der Waals surface area contributed by atoms with E-state index in [0.29, 0.717) is 5.56 Å². The highest BCUT2D eigenvalue weighted by Crippen LogP contribution is 2.08. The molecule has 1 aromatic rings. The topological polar surface area (TPSA) is 12.0 Å². The van der Waals surface area contributed by atoms with E-state index in [0.717, 1.165) is 12.1 Å². The Labute approximate surface area is 66.2 Å². The molecule has 11 heavy (non-hydrogen) atoms. The summed E-state index contributed by atoms with van der Waals surface area (Å²) in [7, 11) is 1.85. The molecule has 0 aliphatic heterocycles. The van der Waals surface area contributed by atoms with Crippen molar-refractivity contribution in [1.29, 1.82) is 0 Å². The zero-order chi connectivity index (χ0) is 8.27. The molecule has 1 rings (SSSR count). The van der Waals surface area contributed by atoms with Gasteiger partial charge in [0.05, 0.1) is 0 Å². The first-order chi connectivity index (χ1) is 5.24. The van der Waals surface area contributed by atoms with Gasteiger partial charge in [-0.1, -0.05) is 12.1 Å². The van der Waals surface area contributed by atoms with Gasteiger partial charge in [-0.3, -0.25) is 0 Å². The van der Waals surface area contributed by atoms with Crippen molar-refractivity contribution in [2.45, 2.75) is 13.5 Å². The molecular weight excluding hydrogens is 141 g/mol. The Balaban J connectivity index is 2.86. The fourth-order valence-corrected chi connectivity index (χ4v) is 0.950. The predicted molar refractivity (Wildman–Crippen MR) is 43.9 cm³/mol. The Kier molecular flexibility index (Phi) is 2.60. The van der Waals surface area contributed by atoms with Crippen LogP contribution in [0.25, 0.3) is 0 Å². The highest BCUT2D eigenvalue weighted by molar-refractivity contribution is 5.22. The molecule has 0 saturated heterocycles. The van der Waals surface area contributed by atoms with Gasteiger partial charge in [0.1, 0.15) is 5.82 Å². The molecule has 1 nitrogen and oxygen atoms in total. The van der Waals surface area contributed by atoms with Crippen molar-refractivity contribution in [3.05, 3.63) is 35.1 Å². The summed E-state index contributed by atoms with van der Waals surface area (Å²) in [5.41, 5.74) is 1.68. The van der Waals surface area contributed by atoms with Gasteiger partial charge in [0.2, 0.25) is 0 Å². The van der Waals surface area contributed by atoms with Gasteiger partial charge >= 0.3 is 0 Å². The van der Waals surface area contributed by atoms with E-state index in [9.17, 15) is 4.39 Å². The summed E-state index contributed by atoms with van der Waals surface area (Å²) in [6.07, 6.45) is 0.